The van der Waals surface area contributed by atoms with Crippen LogP contribution in [-0.2, 0) is 9.53 Å². The number of carbonyl (C=O) groups excluding carboxylic acids is 2. The molecule has 0 saturated carbocycles. The van der Waals surface area contributed by atoms with Crippen molar-refractivity contribution in [2.24, 2.45) is 0 Å². The molecule has 0 unspecified atom stereocenters. The van der Waals surface area contributed by atoms with E-state index in [4.69, 9.17) is 4.74 Å². The molecule has 0 saturated heterocycles. The van der Waals surface area contributed by atoms with Gasteiger partial charge in [0.2, 0.25) is 0 Å². The van der Waals surface area contributed by atoms with Crippen LogP contribution < -0.4 is 5.32 Å². The first-order chi connectivity index (χ1) is 10.4. The highest BCUT2D eigenvalue weighted by Gasteiger charge is 2.10. The minimum Gasteiger partial charge on any atom is -0.452 e. The number of aryl methyl sites for hydroxylation is 2. The molecule has 114 valence electrons. The molecule has 0 atom stereocenters. The van der Waals surface area contributed by atoms with Crippen LogP contribution in [0.2, 0.25) is 0 Å². The van der Waals surface area contributed by atoms with E-state index < -0.39 is 5.97 Å². The molecule has 0 aliphatic carbocycles. The molecule has 22 heavy (non-hydrogen) atoms. The number of hydrogen-bond acceptors (Lipinski definition) is 3. The lowest BCUT2D eigenvalue weighted by molar-refractivity contribution is -0.119. The first-order valence-corrected chi connectivity index (χ1v) is 7.83. The van der Waals surface area contributed by atoms with Gasteiger partial charge in [-0.25, -0.2) is 4.79 Å². The summed E-state index contributed by atoms with van der Waals surface area (Å²) in [5.41, 5.74) is 3.25. The highest BCUT2D eigenvalue weighted by Crippen LogP contribution is 2.13. The van der Waals surface area contributed by atoms with Crippen LogP contribution in [0, 0.1) is 17.4 Å². The van der Waals surface area contributed by atoms with E-state index in [9.17, 15) is 9.59 Å². The summed E-state index contributed by atoms with van der Waals surface area (Å²) in [5, 5.41) is 2.72. The fourth-order valence-corrected chi connectivity index (χ4v) is 2.40. The third-order valence-corrected chi connectivity index (χ3v) is 3.64. The quantitative estimate of drug-likeness (QED) is 0.619. The highest BCUT2D eigenvalue weighted by atomic mass is 127. The van der Waals surface area contributed by atoms with Gasteiger partial charge in [-0.3, -0.25) is 4.79 Å². The molecule has 1 N–H and O–H groups in total. The number of carbonyl (C=O) groups is 2. The fraction of sp³-hybridized carbons (Fsp3) is 0.176. The van der Waals surface area contributed by atoms with E-state index in [2.05, 4.69) is 27.9 Å². The second-order valence-electron chi connectivity index (χ2n) is 5.01. The summed E-state index contributed by atoms with van der Waals surface area (Å²) in [6, 6.07) is 12.7. The van der Waals surface area contributed by atoms with Crippen molar-refractivity contribution in [3.05, 3.63) is 62.7 Å². The number of hydrogen-bond donors (Lipinski definition) is 1. The molecule has 0 fully saturated rings. The normalized spacial score (nSPS) is 10.1. The van der Waals surface area contributed by atoms with E-state index in [1.54, 1.807) is 12.1 Å². The molecule has 2 rings (SSSR count). The Balaban J connectivity index is 1.89. The molecule has 0 spiro atoms. The molecule has 0 radical (unpaired) electrons. The second kappa shape index (κ2) is 7.40. The van der Waals surface area contributed by atoms with Crippen molar-refractivity contribution in [3.63, 3.8) is 0 Å². The smallest absolute Gasteiger partial charge is 0.338 e. The average Bonchev–Trinajstić information content (AvgIpc) is 2.44. The summed E-state index contributed by atoms with van der Waals surface area (Å²) in [6.45, 7) is 3.61. The van der Waals surface area contributed by atoms with Gasteiger partial charge in [-0.2, -0.15) is 0 Å². The molecular weight excluding hydrogens is 393 g/mol. The molecule has 5 heteroatoms. The van der Waals surface area contributed by atoms with Crippen molar-refractivity contribution in [1.29, 1.82) is 0 Å². The number of nitrogens with one attached hydrogen (secondary N) is 1. The number of halogens is 1. The zero-order valence-electron chi connectivity index (χ0n) is 12.4. The van der Waals surface area contributed by atoms with Crippen LogP contribution in [0.15, 0.2) is 42.5 Å². The molecule has 0 aliphatic heterocycles. The molecule has 0 heterocycles. The number of benzene rings is 2. The van der Waals surface area contributed by atoms with Crippen molar-refractivity contribution >= 4 is 40.2 Å². The standard InChI is InChI=1S/C17H16INO3/c1-11-7-12(2)9-15(8-11)19-16(20)10-22-17(21)13-3-5-14(18)6-4-13/h3-9H,10H2,1-2H3,(H,19,20). The third-order valence-electron chi connectivity index (χ3n) is 2.92. The number of esters is 1. The van der Waals surface area contributed by atoms with E-state index in [0.29, 0.717) is 11.3 Å². The van der Waals surface area contributed by atoms with Crippen LogP contribution in [0.25, 0.3) is 0 Å². The predicted molar refractivity (Wildman–Crippen MR) is 94.0 cm³/mol. The van der Waals surface area contributed by atoms with Crippen molar-refractivity contribution in [2.75, 3.05) is 11.9 Å². The number of ether oxygens (including phenoxy) is 1. The van der Waals surface area contributed by atoms with Gasteiger partial charge in [0.25, 0.3) is 5.91 Å². The fourth-order valence-electron chi connectivity index (χ4n) is 2.04. The van der Waals surface area contributed by atoms with Crippen LogP contribution in [0.1, 0.15) is 21.5 Å². The predicted octanol–water partition coefficient (Wildman–Crippen LogP) is 3.70. The molecule has 2 aromatic carbocycles. The minimum atomic E-state index is -0.507. The van der Waals surface area contributed by atoms with E-state index in [1.165, 1.54) is 0 Å². The maximum atomic E-state index is 11.8. The summed E-state index contributed by atoms with van der Waals surface area (Å²) in [5.74, 6) is -0.865. The summed E-state index contributed by atoms with van der Waals surface area (Å²) in [6.07, 6.45) is 0. The van der Waals surface area contributed by atoms with Crippen molar-refractivity contribution in [3.8, 4) is 0 Å². The largest absolute Gasteiger partial charge is 0.452 e. The van der Waals surface area contributed by atoms with E-state index in [-0.39, 0.29) is 12.5 Å². The Bertz CT molecular complexity index is 675. The van der Waals surface area contributed by atoms with Gasteiger partial charge < -0.3 is 10.1 Å². The number of anilines is 1. The van der Waals surface area contributed by atoms with Gasteiger partial charge in [0.15, 0.2) is 6.61 Å². The molecule has 0 aliphatic rings. The van der Waals surface area contributed by atoms with E-state index >= 15 is 0 Å². The summed E-state index contributed by atoms with van der Waals surface area (Å²) in [7, 11) is 0. The van der Waals surface area contributed by atoms with Crippen LogP contribution in [0.4, 0.5) is 5.69 Å². The molecule has 4 nitrogen and oxygen atoms in total. The van der Waals surface area contributed by atoms with Crippen molar-refractivity contribution < 1.29 is 14.3 Å². The molecule has 0 bridgehead atoms. The Kier molecular flexibility index (Phi) is 5.54. The lowest BCUT2D eigenvalue weighted by Gasteiger charge is -2.08. The molecule has 1 amide bonds. The van der Waals surface area contributed by atoms with E-state index in [0.717, 1.165) is 14.7 Å². The van der Waals surface area contributed by atoms with Gasteiger partial charge in [-0.1, -0.05) is 6.07 Å². The Morgan fingerprint density at radius 2 is 1.64 bits per heavy atom. The maximum absolute atomic E-state index is 11.8. The first-order valence-electron chi connectivity index (χ1n) is 6.75. The van der Waals surface area contributed by atoms with Crippen LogP contribution in [0.3, 0.4) is 0 Å². The zero-order valence-corrected chi connectivity index (χ0v) is 14.5. The van der Waals surface area contributed by atoms with Gasteiger partial charge in [-0.15, -0.1) is 0 Å². The Labute approximate surface area is 143 Å². The molecule has 0 aromatic heterocycles. The Hall–Kier alpha value is -1.89. The molecular formula is C17H16INO3. The van der Waals surface area contributed by atoms with Crippen molar-refractivity contribution in [1.82, 2.24) is 0 Å². The van der Waals surface area contributed by atoms with Crippen LogP contribution in [0.5, 0.6) is 0 Å². The third kappa shape index (κ3) is 4.84. The lowest BCUT2D eigenvalue weighted by Crippen LogP contribution is -2.21. The van der Waals surface area contributed by atoms with Gasteiger partial charge >= 0.3 is 5.97 Å². The molecule has 2 aromatic rings. The topological polar surface area (TPSA) is 55.4 Å². The summed E-state index contributed by atoms with van der Waals surface area (Å²) >= 11 is 2.15. The zero-order chi connectivity index (χ0) is 16.1. The van der Waals surface area contributed by atoms with Gasteiger partial charge in [-0.05, 0) is 84.0 Å². The summed E-state index contributed by atoms with van der Waals surface area (Å²) in [4.78, 5) is 23.7. The van der Waals surface area contributed by atoms with Gasteiger partial charge in [0, 0.05) is 9.26 Å². The average molecular weight is 409 g/mol. The second-order valence-corrected chi connectivity index (χ2v) is 6.25. The lowest BCUT2D eigenvalue weighted by atomic mass is 10.1. The van der Waals surface area contributed by atoms with Gasteiger partial charge in [0.05, 0.1) is 5.56 Å². The monoisotopic (exact) mass is 409 g/mol. The minimum absolute atomic E-state index is 0.308. The maximum Gasteiger partial charge on any atom is 0.338 e. The van der Waals surface area contributed by atoms with Crippen LogP contribution >= 0.6 is 22.6 Å². The SMILES string of the molecule is Cc1cc(C)cc(NC(=O)COC(=O)c2ccc(I)cc2)c1. The van der Waals surface area contributed by atoms with Crippen molar-refractivity contribution in [2.45, 2.75) is 13.8 Å². The first kappa shape index (κ1) is 16.5. The Morgan fingerprint density at radius 1 is 1.05 bits per heavy atom. The number of rotatable bonds is 4. The number of amides is 1. The van der Waals surface area contributed by atoms with Crippen LogP contribution in [-0.4, -0.2) is 18.5 Å². The Morgan fingerprint density at radius 3 is 2.23 bits per heavy atom. The van der Waals surface area contributed by atoms with E-state index in [1.807, 2.05) is 44.2 Å². The van der Waals surface area contributed by atoms with Gasteiger partial charge in [0.1, 0.15) is 0 Å². The highest BCUT2D eigenvalue weighted by molar-refractivity contribution is 14.1. The summed E-state index contributed by atoms with van der Waals surface area (Å²) < 4.78 is 6.04.